The van der Waals surface area contributed by atoms with Gasteiger partial charge in [0.05, 0.1) is 5.39 Å². The number of halogens is 1. The Morgan fingerprint density at radius 3 is 2.77 bits per heavy atom. The molecule has 2 aromatic rings. The van der Waals surface area contributed by atoms with Gasteiger partial charge in [-0.3, -0.25) is 9.59 Å². The number of hydrogen-bond acceptors (Lipinski definition) is 9. The number of nitrogen functional groups attached to an aromatic ring is 1. The highest BCUT2D eigenvalue weighted by Crippen LogP contribution is 2.42. The highest BCUT2D eigenvalue weighted by molar-refractivity contribution is 6.30. The Balaban J connectivity index is 2.06. The van der Waals surface area contributed by atoms with E-state index in [0.29, 0.717) is 11.0 Å². The van der Waals surface area contributed by atoms with Gasteiger partial charge in [0, 0.05) is 24.4 Å². The molecule has 3 N–H and O–H groups in total. The lowest BCUT2D eigenvalue weighted by atomic mass is 9.94. The summed E-state index contributed by atoms with van der Waals surface area (Å²) in [5, 5.41) is 14.1. The van der Waals surface area contributed by atoms with Crippen LogP contribution in [0, 0.1) is 11.3 Å². The molecule has 11 heteroatoms. The van der Waals surface area contributed by atoms with E-state index >= 15 is 0 Å². The van der Waals surface area contributed by atoms with Gasteiger partial charge in [0.2, 0.25) is 5.60 Å². The maximum absolute atomic E-state index is 12.0. The minimum atomic E-state index is -2.05. The topological polar surface area (TPSA) is 139 Å². The van der Waals surface area contributed by atoms with Gasteiger partial charge in [-0.25, -0.2) is 9.97 Å². The lowest BCUT2D eigenvalue weighted by Gasteiger charge is -2.29. The summed E-state index contributed by atoms with van der Waals surface area (Å²) in [6, 6.07) is 1.65. The normalized spacial score (nSPS) is 25.5. The van der Waals surface area contributed by atoms with E-state index < -0.39 is 36.0 Å². The van der Waals surface area contributed by atoms with Gasteiger partial charge in [-0.05, 0) is 23.6 Å². The molecular formula is C19H21ClN4O6. The first-order valence-corrected chi connectivity index (χ1v) is 9.66. The number of rotatable bonds is 6. The van der Waals surface area contributed by atoms with Gasteiger partial charge >= 0.3 is 11.9 Å². The molecule has 0 radical (unpaired) electrons. The Morgan fingerprint density at radius 2 is 2.10 bits per heavy atom. The zero-order valence-corrected chi connectivity index (χ0v) is 17.1. The SMILES string of the molecule is CCC(=O)OC[C@H]1O[C@@H](n2ccc3c(N)ncnc32)[C@@](O)(C#CCl)[C@@H]1OC(=O)CC. The predicted molar refractivity (Wildman–Crippen MR) is 106 cm³/mol. The van der Waals surface area contributed by atoms with Crippen molar-refractivity contribution in [2.75, 3.05) is 12.3 Å². The number of aliphatic hydroxyl groups is 1. The molecule has 0 spiro atoms. The second kappa shape index (κ2) is 8.87. The van der Waals surface area contributed by atoms with Crippen molar-refractivity contribution in [2.24, 2.45) is 0 Å². The minimum absolute atomic E-state index is 0.0588. The Labute approximate surface area is 177 Å². The van der Waals surface area contributed by atoms with Crippen molar-refractivity contribution in [2.45, 2.75) is 50.7 Å². The molecule has 4 atom stereocenters. The molecule has 3 rings (SSSR count). The van der Waals surface area contributed by atoms with Gasteiger partial charge < -0.3 is 29.6 Å². The summed E-state index contributed by atoms with van der Waals surface area (Å²) in [4.78, 5) is 31.8. The number of aromatic nitrogens is 3. The fraction of sp³-hybridized carbons (Fsp3) is 0.474. The van der Waals surface area contributed by atoms with E-state index in [9.17, 15) is 14.7 Å². The van der Waals surface area contributed by atoms with Crippen molar-refractivity contribution in [1.82, 2.24) is 14.5 Å². The van der Waals surface area contributed by atoms with Crippen molar-refractivity contribution in [3.8, 4) is 11.3 Å². The Kier molecular flexibility index (Phi) is 6.45. The van der Waals surface area contributed by atoms with Crippen molar-refractivity contribution in [1.29, 1.82) is 0 Å². The molecule has 0 aliphatic carbocycles. The van der Waals surface area contributed by atoms with Crippen LogP contribution in [0.25, 0.3) is 11.0 Å². The lowest BCUT2D eigenvalue weighted by Crippen LogP contribution is -2.48. The average molecular weight is 437 g/mol. The van der Waals surface area contributed by atoms with Crippen molar-refractivity contribution in [3.05, 3.63) is 18.6 Å². The first kappa shape index (κ1) is 21.8. The number of carbonyl (C=O) groups excluding carboxylic acids is 2. The second-order valence-corrected chi connectivity index (χ2v) is 6.78. The Bertz CT molecular complexity index is 1020. The van der Waals surface area contributed by atoms with E-state index in [1.165, 1.54) is 10.9 Å². The van der Waals surface area contributed by atoms with E-state index in [1.807, 2.05) is 0 Å². The minimum Gasteiger partial charge on any atom is -0.463 e. The molecule has 0 bridgehead atoms. The fourth-order valence-electron chi connectivity index (χ4n) is 3.22. The zero-order valence-electron chi connectivity index (χ0n) is 16.4. The van der Waals surface area contributed by atoms with Crippen LogP contribution < -0.4 is 5.73 Å². The van der Waals surface area contributed by atoms with E-state index in [4.69, 9.17) is 31.5 Å². The zero-order chi connectivity index (χ0) is 21.9. The summed E-state index contributed by atoms with van der Waals surface area (Å²) < 4.78 is 18.1. The Hall–Kier alpha value is -2.87. The number of nitrogens with two attached hydrogens (primary N) is 1. The Morgan fingerprint density at radius 1 is 1.37 bits per heavy atom. The van der Waals surface area contributed by atoms with Crippen LogP contribution in [0.15, 0.2) is 18.6 Å². The average Bonchev–Trinajstić information content (AvgIpc) is 3.27. The van der Waals surface area contributed by atoms with Gasteiger partial charge in [-0.15, -0.1) is 0 Å². The molecule has 0 amide bonds. The molecule has 10 nitrogen and oxygen atoms in total. The van der Waals surface area contributed by atoms with Crippen LogP contribution in [0.3, 0.4) is 0 Å². The number of ether oxygens (including phenoxy) is 3. The standard InChI is InChI=1S/C19H21ClN4O6/c1-3-13(25)28-9-12-15(30-14(26)4-2)19(27,6-7-20)18(29-12)24-8-5-11-16(21)22-10-23-17(11)24/h5,8,10,12,15,18,27H,3-4,9H2,1-2H3,(H2,21,22,23)/t12-,15-,18-,19-/m1/s1. The molecule has 0 unspecified atom stereocenters. The first-order chi connectivity index (χ1) is 14.3. The van der Waals surface area contributed by atoms with Gasteiger partial charge in [0.25, 0.3) is 0 Å². The molecule has 1 saturated heterocycles. The lowest BCUT2D eigenvalue weighted by molar-refractivity contribution is -0.162. The summed E-state index contributed by atoms with van der Waals surface area (Å²) in [6.07, 6.45) is -0.397. The highest BCUT2D eigenvalue weighted by atomic mass is 35.5. The molecular weight excluding hydrogens is 416 g/mol. The largest absolute Gasteiger partial charge is 0.463 e. The summed E-state index contributed by atoms with van der Waals surface area (Å²) in [6.45, 7) is 2.99. The number of esters is 2. The second-order valence-electron chi connectivity index (χ2n) is 6.59. The van der Waals surface area contributed by atoms with Crippen molar-refractivity contribution in [3.63, 3.8) is 0 Å². The number of anilines is 1. The molecule has 1 aliphatic heterocycles. The fourth-order valence-corrected chi connectivity index (χ4v) is 3.38. The third-order valence-electron chi connectivity index (χ3n) is 4.74. The van der Waals surface area contributed by atoms with Crippen LogP contribution >= 0.6 is 11.6 Å². The van der Waals surface area contributed by atoms with E-state index in [1.54, 1.807) is 26.1 Å². The third kappa shape index (κ3) is 3.92. The number of nitrogens with zero attached hydrogens (tertiary/aromatic N) is 3. The van der Waals surface area contributed by atoms with E-state index in [2.05, 4.69) is 21.3 Å². The van der Waals surface area contributed by atoms with Crippen LogP contribution in [0.5, 0.6) is 0 Å². The maximum atomic E-state index is 12.0. The summed E-state index contributed by atoms with van der Waals surface area (Å²) in [5.41, 5.74) is 4.20. The monoisotopic (exact) mass is 436 g/mol. The van der Waals surface area contributed by atoms with Crippen LogP contribution in [0.2, 0.25) is 0 Å². The van der Waals surface area contributed by atoms with Crippen LogP contribution in [0.4, 0.5) is 5.82 Å². The van der Waals surface area contributed by atoms with Crippen LogP contribution in [0.1, 0.15) is 32.9 Å². The summed E-state index contributed by atoms with van der Waals surface area (Å²) in [5.74, 6) is 1.67. The van der Waals surface area contributed by atoms with Gasteiger partial charge in [0.1, 0.15) is 30.5 Å². The van der Waals surface area contributed by atoms with E-state index in [-0.39, 0.29) is 25.3 Å². The summed E-state index contributed by atoms with van der Waals surface area (Å²) in [7, 11) is 0. The smallest absolute Gasteiger partial charge is 0.306 e. The first-order valence-electron chi connectivity index (χ1n) is 9.28. The quantitative estimate of drug-likeness (QED) is 0.503. The third-order valence-corrected chi connectivity index (χ3v) is 4.83. The molecule has 1 fully saturated rings. The molecule has 1 aliphatic rings. The van der Waals surface area contributed by atoms with Gasteiger partial charge in [0.15, 0.2) is 12.3 Å². The number of carbonyl (C=O) groups is 2. The molecule has 160 valence electrons. The molecule has 0 saturated carbocycles. The molecule has 2 aromatic heterocycles. The molecule has 3 heterocycles. The van der Waals surface area contributed by atoms with Crippen LogP contribution in [-0.4, -0.2) is 56.0 Å². The molecule has 0 aromatic carbocycles. The maximum Gasteiger partial charge on any atom is 0.306 e. The highest BCUT2D eigenvalue weighted by Gasteiger charge is 2.59. The number of hydrogen-bond donors (Lipinski definition) is 2. The predicted octanol–water partition coefficient (Wildman–Crippen LogP) is 1.12. The van der Waals surface area contributed by atoms with Gasteiger partial charge in [-0.1, -0.05) is 13.8 Å². The summed E-state index contributed by atoms with van der Waals surface area (Å²) >= 11 is 5.62. The van der Waals surface area contributed by atoms with Crippen molar-refractivity contribution >= 4 is 40.4 Å². The van der Waals surface area contributed by atoms with E-state index in [0.717, 1.165) is 0 Å². The number of fused-ring (bicyclic) bond motifs is 1. The van der Waals surface area contributed by atoms with Crippen LogP contribution in [-0.2, 0) is 23.8 Å². The molecule has 30 heavy (non-hydrogen) atoms. The van der Waals surface area contributed by atoms with Crippen molar-refractivity contribution < 1.29 is 28.9 Å². The van der Waals surface area contributed by atoms with Gasteiger partial charge in [-0.2, -0.15) is 0 Å².